The van der Waals surface area contributed by atoms with Crippen LogP contribution < -0.4 is 5.32 Å². The van der Waals surface area contributed by atoms with Crippen molar-refractivity contribution in [1.82, 2.24) is 10.2 Å². The van der Waals surface area contributed by atoms with Gasteiger partial charge >= 0.3 is 5.97 Å². The van der Waals surface area contributed by atoms with Crippen molar-refractivity contribution in [3.63, 3.8) is 0 Å². The summed E-state index contributed by atoms with van der Waals surface area (Å²) in [5.74, 6) is -4.04. The number of nitrogens with zero attached hydrogens (tertiary/aromatic N) is 1. The molecular weight excluding hydrogens is 450 g/mol. The van der Waals surface area contributed by atoms with Crippen LogP contribution >= 0.6 is 0 Å². The second-order valence-corrected chi connectivity index (χ2v) is 8.21. The lowest BCUT2D eigenvalue weighted by Crippen LogP contribution is -2.51. The summed E-state index contributed by atoms with van der Waals surface area (Å²) in [6.45, 7) is 2.28. The Morgan fingerprint density at radius 2 is 1.79 bits per heavy atom. The minimum atomic E-state index is -1.05. The van der Waals surface area contributed by atoms with Crippen LogP contribution in [0.4, 0.5) is 8.78 Å². The molecule has 0 aliphatic carbocycles. The molecule has 0 aromatic heterocycles. The molecular formula is C24H24F2N2O6. The Hall–Kier alpha value is -3.37. The Bertz CT molecular complexity index is 1100. The second-order valence-electron chi connectivity index (χ2n) is 8.21. The normalized spacial score (nSPS) is 19.8. The number of likely N-dealkylation sites (tertiary alicyclic amines) is 1. The number of methoxy groups -OCH3 is 1. The molecule has 2 saturated heterocycles. The third-order valence-electron chi connectivity index (χ3n) is 5.97. The van der Waals surface area contributed by atoms with Gasteiger partial charge in [-0.25, -0.2) is 13.6 Å². The molecule has 0 saturated carbocycles. The van der Waals surface area contributed by atoms with E-state index in [4.69, 9.17) is 14.2 Å². The van der Waals surface area contributed by atoms with Gasteiger partial charge in [-0.3, -0.25) is 9.59 Å². The summed E-state index contributed by atoms with van der Waals surface area (Å²) in [5.41, 5.74) is 0.916. The van der Waals surface area contributed by atoms with E-state index in [1.807, 2.05) is 0 Å². The lowest BCUT2D eigenvalue weighted by molar-refractivity contribution is -0.153. The average molecular weight is 474 g/mol. The summed E-state index contributed by atoms with van der Waals surface area (Å²) in [5, 5.41) is 2.62. The molecule has 0 radical (unpaired) electrons. The number of hydrogen-bond donors (Lipinski definition) is 1. The third-order valence-corrected chi connectivity index (χ3v) is 5.97. The summed E-state index contributed by atoms with van der Waals surface area (Å²) < 4.78 is 43.3. The van der Waals surface area contributed by atoms with Crippen molar-refractivity contribution < 1.29 is 37.4 Å². The monoisotopic (exact) mass is 474 g/mol. The zero-order valence-corrected chi connectivity index (χ0v) is 18.7. The van der Waals surface area contributed by atoms with Gasteiger partial charge in [0.2, 0.25) is 5.91 Å². The van der Waals surface area contributed by atoms with Crippen molar-refractivity contribution in [3.8, 4) is 11.1 Å². The molecule has 4 rings (SSSR count). The zero-order valence-electron chi connectivity index (χ0n) is 18.7. The molecule has 2 aromatic carbocycles. The van der Waals surface area contributed by atoms with Crippen molar-refractivity contribution in [2.75, 3.05) is 26.9 Å². The SMILES string of the molecule is COC(=O)[C@@H]1CC2(CN1C(=O)[C@H](C)NC(=O)c1ccc(-c3ccc(F)cc3F)cc1)OCCO2. The summed E-state index contributed by atoms with van der Waals surface area (Å²) in [4.78, 5) is 39.4. The molecule has 10 heteroatoms. The third kappa shape index (κ3) is 4.64. The van der Waals surface area contributed by atoms with Crippen LogP contribution in [0.2, 0.25) is 0 Å². The van der Waals surface area contributed by atoms with E-state index >= 15 is 0 Å². The van der Waals surface area contributed by atoms with E-state index in [0.29, 0.717) is 18.8 Å². The molecule has 8 nitrogen and oxygen atoms in total. The molecule has 180 valence electrons. The molecule has 2 aromatic rings. The number of nitrogens with one attached hydrogen (secondary N) is 1. The van der Waals surface area contributed by atoms with E-state index in [-0.39, 0.29) is 24.1 Å². The molecule has 2 fully saturated rings. The Kier molecular flexibility index (Phi) is 6.63. The largest absolute Gasteiger partial charge is 0.467 e. The van der Waals surface area contributed by atoms with Crippen molar-refractivity contribution in [2.45, 2.75) is 31.2 Å². The quantitative estimate of drug-likeness (QED) is 0.669. The van der Waals surface area contributed by atoms with E-state index in [1.165, 1.54) is 49.3 Å². The number of ether oxygens (including phenoxy) is 3. The number of halogens is 2. The smallest absolute Gasteiger partial charge is 0.328 e. The van der Waals surface area contributed by atoms with Crippen LogP contribution in [0, 0.1) is 11.6 Å². The van der Waals surface area contributed by atoms with E-state index in [2.05, 4.69) is 5.32 Å². The minimum Gasteiger partial charge on any atom is -0.467 e. The molecule has 34 heavy (non-hydrogen) atoms. The predicted molar refractivity (Wildman–Crippen MR) is 115 cm³/mol. The number of rotatable bonds is 5. The van der Waals surface area contributed by atoms with Crippen molar-refractivity contribution >= 4 is 17.8 Å². The number of esters is 1. The van der Waals surface area contributed by atoms with Crippen LogP contribution in [0.3, 0.4) is 0 Å². The summed E-state index contributed by atoms with van der Waals surface area (Å²) >= 11 is 0. The van der Waals surface area contributed by atoms with Gasteiger partial charge in [0.05, 0.1) is 26.9 Å². The highest BCUT2D eigenvalue weighted by Gasteiger charge is 2.53. The van der Waals surface area contributed by atoms with Crippen molar-refractivity contribution in [3.05, 3.63) is 59.7 Å². The van der Waals surface area contributed by atoms with Gasteiger partial charge in [0.25, 0.3) is 5.91 Å². The molecule has 2 aliphatic heterocycles. The Morgan fingerprint density at radius 3 is 2.41 bits per heavy atom. The average Bonchev–Trinajstić information content (AvgIpc) is 3.45. The molecule has 0 bridgehead atoms. The maximum Gasteiger partial charge on any atom is 0.328 e. The summed E-state index contributed by atoms with van der Waals surface area (Å²) in [7, 11) is 1.24. The van der Waals surface area contributed by atoms with Gasteiger partial charge < -0.3 is 24.4 Å². The molecule has 2 amide bonds. The Morgan fingerprint density at radius 1 is 1.12 bits per heavy atom. The second kappa shape index (κ2) is 9.47. The van der Waals surface area contributed by atoms with E-state index < -0.39 is 47.3 Å². The van der Waals surface area contributed by atoms with Gasteiger partial charge in [-0.05, 0) is 36.8 Å². The van der Waals surface area contributed by atoms with Gasteiger partial charge in [-0.15, -0.1) is 0 Å². The lowest BCUT2D eigenvalue weighted by Gasteiger charge is -2.26. The number of carbonyl (C=O) groups excluding carboxylic acids is 3. The molecule has 2 atom stereocenters. The van der Waals surface area contributed by atoms with E-state index in [1.54, 1.807) is 0 Å². The fraction of sp³-hybridized carbons (Fsp3) is 0.375. The summed E-state index contributed by atoms with van der Waals surface area (Å²) in [6.07, 6.45) is 0.146. The molecule has 0 unspecified atom stereocenters. The first-order valence-electron chi connectivity index (χ1n) is 10.8. The summed E-state index contributed by atoms with van der Waals surface area (Å²) in [6, 6.07) is 7.44. The van der Waals surface area contributed by atoms with Gasteiger partial charge in [-0.1, -0.05) is 12.1 Å². The van der Waals surface area contributed by atoms with Gasteiger partial charge in [0.1, 0.15) is 23.7 Å². The highest BCUT2D eigenvalue weighted by molar-refractivity contribution is 5.98. The first kappa shape index (κ1) is 23.8. The highest BCUT2D eigenvalue weighted by Crippen LogP contribution is 2.35. The number of amides is 2. The van der Waals surface area contributed by atoms with Crippen LogP contribution in [-0.2, 0) is 23.8 Å². The minimum absolute atomic E-state index is 0.0454. The van der Waals surface area contributed by atoms with E-state index in [0.717, 1.165) is 12.1 Å². The van der Waals surface area contributed by atoms with Gasteiger partial charge in [0, 0.05) is 23.6 Å². The van der Waals surface area contributed by atoms with Crippen LogP contribution in [0.15, 0.2) is 42.5 Å². The van der Waals surface area contributed by atoms with E-state index in [9.17, 15) is 23.2 Å². The standard InChI is InChI=1S/C24H24F2N2O6/c1-14(22(30)28-13-24(33-9-10-34-24)12-20(28)23(31)32-2)27-21(29)16-5-3-15(4-6-16)18-8-7-17(25)11-19(18)26/h3-8,11,14,20H,9-10,12-13H2,1-2H3,(H,27,29)/t14-,20-/m0/s1. The number of benzene rings is 2. The fourth-order valence-corrected chi connectivity index (χ4v) is 4.24. The van der Waals surface area contributed by atoms with Crippen molar-refractivity contribution in [2.24, 2.45) is 0 Å². The van der Waals surface area contributed by atoms with Gasteiger partial charge in [-0.2, -0.15) is 0 Å². The topological polar surface area (TPSA) is 94.2 Å². The molecule has 1 N–H and O–H groups in total. The first-order chi connectivity index (χ1) is 16.2. The van der Waals surface area contributed by atoms with Gasteiger partial charge in [0.15, 0.2) is 5.79 Å². The lowest BCUT2D eigenvalue weighted by atomic mass is 10.0. The van der Waals surface area contributed by atoms with Crippen LogP contribution in [0.1, 0.15) is 23.7 Å². The molecule has 2 heterocycles. The number of hydrogen-bond acceptors (Lipinski definition) is 6. The predicted octanol–water partition coefficient (Wildman–Crippen LogP) is 2.27. The maximum atomic E-state index is 14.0. The Balaban J connectivity index is 1.44. The zero-order chi connectivity index (χ0) is 24.5. The maximum absolute atomic E-state index is 14.0. The fourth-order valence-electron chi connectivity index (χ4n) is 4.24. The first-order valence-corrected chi connectivity index (χ1v) is 10.8. The van der Waals surface area contributed by atoms with Crippen LogP contribution in [-0.4, -0.2) is 67.4 Å². The Labute approximate surface area is 194 Å². The highest BCUT2D eigenvalue weighted by atomic mass is 19.1. The van der Waals surface area contributed by atoms with Crippen LogP contribution in [0.5, 0.6) is 0 Å². The molecule has 2 aliphatic rings. The van der Waals surface area contributed by atoms with Crippen molar-refractivity contribution in [1.29, 1.82) is 0 Å². The molecule has 1 spiro atoms. The van der Waals surface area contributed by atoms with Crippen LogP contribution in [0.25, 0.3) is 11.1 Å². The number of carbonyl (C=O) groups is 3.